The molecule has 1 aliphatic rings. The van der Waals surface area contributed by atoms with Crippen LogP contribution in [0.25, 0.3) is 0 Å². The molecule has 134 valence electrons. The molecular formula is C19H32N4S. The highest BCUT2D eigenvalue weighted by Gasteiger charge is 2.19. The molecule has 1 saturated heterocycles. The van der Waals surface area contributed by atoms with Crippen LogP contribution in [0.1, 0.15) is 38.7 Å². The van der Waals surface area contributed by atoms with Gasteiger partial charge in [-0.3, -0.25) is 0 Å². The van der Waals surface area contributed by atoms with Gasteiger partial charge < -0.3 is 15.5 Å². The van der Waals surface area contributed by atoms with Gasteiger partial charge in [0.1, 0.15) is 0 Å². The van der Waals surface area contributed by atoms with Gasteiger partial charge in [0.25, 0.3) is 0 Å². The molecule has 1 aromatic rings. The highest BCUT2D eigenvalue weighted by atomic mass is 32.2. The summed E-state index contributed by atoms with van der Waals surface area (Å²) in [4.78, 5) is 8.63. The van der Waals surface area contributed by atoms with Crippen molar-refractivity contribution < 1.29 is 0 Å². The molecule has 0 aromatic heterocycles. The number of hydrogen-bond acceptors (Lipinski definition) is 3. The first-order valence-electron chi connectivity index (χ1n) is 9.15. The Bertz CT molecular complexity index is 493. The lowest BCUT2D eigenvalue weighted by molar-refractivity contribution is 0.206. The molecule has 0 radical (unpaired) electrons. The second kappa shape index (κ2) is 10.6. The summed E-state index contributed by atoms with van der Waals surface area (Å²) in [6.07, 6.45) is 5.75. The number of hydrogen-bond donors (Lipinski definition) is 2. The summed E-state index contributed by atoms with van der Waals surface area (Å²) < 4.78 is 0. The molecule has 0 bridgehead atoms. The monoisotopic (exact) mass is 348 g/mol. The molecule has 1 fully saturated rings. The van der Waals surface area contributed by atoms with Crippen molar-refractivity contribution in [3.8, 4) is 0 Å². The van der Waals surface area contributed by atoms with Gasteiger partial charge in [-0.05, 0) is 56.7 Å². The number of benzene rings is 1. The number of rotatable bonds is 7. The summed E-state index contributed by atoms with van der Waals surface area (Å²) >= 11 is 1.77. The molecule has 4 nitrogen and oxygen atoms in total. The maximum Gasteiger partial charge on any atom is 0.191 e. The number of piperidine rings is 1. The van der Waals surface area contributed by atoms with Gasteiger partial charge >= 0.3 is 0 Å². The highest BCUT2D eigenvalue weighted by molar-refractivity contribution is 7.98. The fourth-order valence-corrected chi connectivity index (χ4v) is 3.44. The van der Waals surface area contributed by atoms with Crippen LogP contribution in [0.5, 0.6) is 0 Å². The third kappa shape index (κ3) is 6.36. The molecule has 0 unspecified atom stereocenters. The Labute approximate surface area is 151 Å². The van der Waals surface area contributed by atoms with Crippen LogP contribution in [-0.2, 0) is 6.54 Å². The highest BCUT2D eigenvalue weighted by Crippen LogP contribution is 2.15. The lowest BCUT2D eigenvalue weighted by Gasteiger charge is -2.32. The third-order valence-corrected chi connectivity index (χ3v) is 5.13. The summed E-state index contributed by atoms with van der Waals surface area (Å²) in [5.74, 6) is 0.945. The zero-order chi connectivity index (χ0) is 17.2. The van der Waals surface area contributed by atoms with Gasteiger partial charge in [-0.2, -0.15) is 0 Å². The second-order valence-corrected chi connectivity index (χ2v) is 7.18. The zero-order valence-corrected chi connectivity index (χ0v) is 16.2. The largest absolute Gasteiger partial charge is 0.357 e. The molecule has 0 saturated carbocycles. The molecule has 1 heterocycles. The van der Waals surface area contributed by atoms with Gasteiger partial charge in [0.05, 0.1) is 6.54 Å². The van der Waals surface area contributed by atoms with Crippen molar-refractivity contribution in [2.45, 2.75) is 50.6 Å². The van der Waals surface area contributed by atoms with Gasteiger partial charge in [0, 0.05) is 30.6 Å². The standard InChI is InChI=1S/C19H32N4S/c1-4-12-23-13-10-17(11-14-23)22-19(20-5-2)21-15-16-6-8-18(24-3)9-7-16/h6-9,17H,4-5,10-15H2,1-3H3,(H2,20,21,22). The lowest BCUT2D eigenvalue weighted by Crippen LogP contribution is -2.48. The van der Waals surface area contributed by atoms with E-state index in [9.17, 15) is 0 Å². The quantitative estimate of drug-likeness (QED) is 0.450. The Morgan fingerprint density at radius 1 is 1.21 bits per heavy atom. The van der Waals surface area contributed by atoms with Gasteiger partial charge in [0.2, 0.25) is 0 Å². The molecule has 24 heavy (non-hydrogen) atoms. The third-order valence-electron chi connectivity index (χ3n) is 4.39. The van der Waals surface area contributed by atoms with Crippen LogP contribution < -0.4 is 10.6 Å². The fourth-order valence-electron chi connectivity index (χ4n) is 3.03. The van der Waals surface area contributed by atoms with Crippen molar-refractivity contribution in [2.75, 3.05) is 32.4 Å². The van der Waals surface area contributed by atoms with Crippen molar-refractivity contribution in [2.24, 2.45) is 4.99 Å². The molecule has 2 rings (SSSR count). The Morgan fingerprint density at radius 2 is 1.92 bits per heavy atom. The van der Waals surface area contributed by atoms with E-state index in [0.29, 0.717) is 6.04 Å². The summed E-state index contributed by atoms with van der Waals surface area (Å²) in [6.45, 7) is 9.61. The normalized spacial score (nSPS) is 17.0. The molecule has 2 N–H and O–H groups in total. The van der Waals surface area contributed by atoms with E-state index in [1.54, 1.807) is 11.8 Å². The Morgan fingerprint density at radius 3 is 2.50 bits per heavy atom. The number of thioether (sulfide) groups is 1. The number of likely N-dealkylation sites (tertiary alicyclic amines) is 1. The van der Waals surface area contributed by atoms with E-state index in [1.807, 2.05) is 0 Å². The van der Waals surface area contributed by atoms with Crippen molar-refractivity contribution >= 4 is 17.7 Å². The fraction of sp³-hybridized carbons (Fsp3) is 0.632. The molecule has 1 aromatic carbocycles. The molecule has 1 aliphatic heterocycles. The molecule has 5 heteroatoms. The van der Waals surface area contributed by atoms with Crippen LogP contribution in [0, 0.1) is 0 Å². The number of guanidine groups is 1. The van der Waals surface area contributed by atoms with Gasteiger partial charge in [-0.1, -0.05) is 19.1 Å². The smallest absolute Gasteiger partial charge is 0.191 e. The van der Waals surface area contributed by atoms with E-state index < -0.39 is 0 Å². The summed E-state index contributed by atoms with van der Waals surface area (Å²) in [7, 11) is 0. The summed E-state index contributed by atoms with van der Waals surface area (Å²) in [6, 6.07) is 9.21. The van der Waals surface area contributed by atoms with Crippen LogP contribution in [0.15, 0.2) is 34.2 Å². The number of nitrogens with one attached hydrogen (secondary N) is 2. The van der Waals surface area contributed by atoms with Crippen molar-refractivity contribution in [1.29, 1.82) is 0 Å². The zero-order valence-electron chi connectivity index (χ0n) is 15.3. The average Bonchev–Trinajstić information content (AvgIpc) is 2.62. The minimum atomic E-state index is 0.537. The van der Waals surface area contributed by atoms with Crippen molar-refractivity contribution in [3.63, 3.8) is 0 Å². The second-order valence-electron chi connectivity index (χ2n) is 6.30. The van der Waals surface area contributed by atoms with Crippen molar-refractivity contribution in [3.05, 3.63) is 29.8 Å². The SMILES string of the molecule is CCCN1CCC(NC(=NCc2ccc(SC)cc2)NCC)CC1. The minimum Gasteiger partial charge on any atom is -0.357 e. The first-order chi connectivity index (χ1) is 11.7. The predicted octanol–water partition coefficient (Wildman–Crippen LogP) is 3.34. The van der Waals surface area contributed by atoms with E-state index in [0.717, 1.165) is 19.0 Å². The van der Waals surface area contributed by atoms with Gasteiger partial charge in [-0.25, -0.2) is 4.99 Å². The maximum absolute atomic E-state index is 4.76. The van der Waals surface area contributed by atoms with Gasteiger partial charge in [-0.15, -0.1) is 11.8 Å². The molecule has 0 spiro atoms. The predicted molar refractivity (Wildman–Crippen MR) is 106 cm³/mol. The average molecular weight is 349 g/mol. The molecular weight excluding hydrogens is 316 g/mol. The van der Waals surface area contributed by atoms with E-state index >= 15 is 0 Å². The first kappa shape index (κ1) is 19.1. The van der Waals surface area contributed by atoms with E-state index in [1.165, 1.54) is 49.4 Å². The van der Waals surface area contributed by atoms with E-state index in [2.05, 4.69) is 59.9 Å². The van der Waals surface area contributed by atoms with E-state index in [4.69, 9.17) is 4.99 Å². The molecule has 0 amide bonds. The molecule has 0 atom stereocenters. The van der Waals surface area contributed by atoms with Gasteiger partial charge in [0.15, 0.2) is 5.96 Å². The minimum absolute atomic E-state index is 0.537. The Hall–Kier alpha value is -1.20. The summed E-state index contributed by atoms with van der Waals surface area (Å²) in [5.41, 5.74) is 1.25. The Kier molecular flexibility index (Phi) is 8.47. The number of aliphatic imine (C=N–C) groups is 1. The van der Waals surface area contributed by atoms with E-state index in [-0.39, 0.29) is 0 Å². The van der Waals surface area contributed by atoms with Crippen molar-refractivity contribution in [1.82, 2.24) is 15.5 Å². The first-order valence-corrected chi connectivity index (χ1v) is 10.4. The topological polar surface area (TPSA) is 39.7 Å². The van der Waals surface area contributed by atoms with Crippen LogP contribution in [0.2, 0.25) is 0 Å². The van der Waals surface area contributed by atoms with Crippen LogP contribution in [0.4, 0.5) is 0 Å². The lowest BCUT2D eigenvalue weighted by atomic mass is 10.1. The Balaban J connectivity index is 1.86. The van der Waals surface area contributed by atoms with Crippen LogP contribution >= 0.6 is 11.8 Å². The van der Waals surface area contributed by atoms with Crippen LogP contribution in [-0.4, -0.2) is 49.3 Å². The molecule has 0 aliphatic carbocycles. The number of nitrogens with zero attached hydrogens (tertiary/aromatic N) is 2. The maximum atomic E-state index is 4.76. The van der Waals surface area contributed by atoms with Crippen LogP contribution in [0.3, 0.4) is 0 Å². The summed E-state index contributed by atoms with van der Waals surface area (Å²) in [5, 5.41) is 7.00.